The van der Waals surface area contributed by atoms with Gasteiger partial charge in [0.15, 0.2) is 12.1 Å². The highest BCUT2D eigenvalue weighted by molar-refractivity contribution is 5.49. The van der Waals surface area contributed by atoms with Crippen LogP contribution in [0.25, 0.3) is 0 Å². The van der Waals surface area contributed by atoms with Crippen LogP contribution in [0.2, 0.25) is 0 Å². The molecule has 0 fully saturated rings. The summed E-state index contributed by atoms with van der Waals surface area (Å²) in [5, 5.41) is 0. The SMILES string of the molecule is CCOC1C=CC(CCCC=O)(OCC)O1. The monoisotopic (exact) mass is 228 g/mol. The standard InChI is InChI=1S/C12H20O4/c1-3-14-11-7-9-12(16-11,15-4-2)8-5-6-10-13/h7,9-11H,3-6,8H2,1-2H3. The van der Waals surface area contributed by atoms with Crippen molar-refractivity contribution < 1.29 is 19.0 Å². The van der Waals surface area contributed by atoms with Crippen molar-refractivity contribution in [2.24, 2.45) is 0 Å². The van der Waals surface area contributed by atoms with Gasteiger partial charge in [-0.1, -0.05) is 0 Å². The Hall–Kier alpha value is -0.710. The first-order valence-electron chi connectivity index (χ1n) is 5.82. The van der Waals surface area contributed by atoms with E-state index in [0.717, 1.165) is 12.7 Å². The molecule has 0 bridgehead atoms. The van der Waals surface area contributed by atoms with Crippen molar-refractivity contribution in [2.75, 3.05) is 13.2 Å². The van der Waals surface area contributed by atoms with Gasteiger partial charge >= 0.3 is 0 Å². The number of ether oxygens (including phenoxy) is 3. The van der Waals surface area contributed by atoms with Crippen molar-refractivity contribution in [1.82, 2.24) is 0 Å². The third-order valence-corrected chi connectivity index (χ3v) is 2.39. The molecule has 92 valence electrons. The highest BCUT2D eigenvalue weighted by Crippen LogP contribution is 2.30. The van der Waals surface area contributed by atoms with Crippen LogP contribution in [0, 0.1) is 0 Å². The van der Waals surface area contributed by atoms with Gasteiger partial charge in [-0.3, -0.25) is 0 Å². The maximum atomic E-state index is 10.3. The molecule has 0 aliphatic carbocycles. The number of hydrogen-bond donors (Lipinski definition) is 0. The van der Waals surface area contributed by atoms with Gasteiger partial charge in [0.1, 0.15) is 6.29 Å². The summed E-state index contributed by atoms with van der Waals surface area (Å²) >= 11 is 0. The van der Waals surface area contributed by atoms with Gasteiger partial charge in [0, 0.05) is 26.1 Å². The molecule has 0 spiro atoms. The molecule has 0 aromatic rings. The van der Waals surface area contributed by atoms with Gasteiger partial charge < -0.3 is 19.0 Å². The minimum absolute atomic E-state index is 0.326. The van der Waals surface area contributed by atoms with Crippen molar-refractivity contribution in [3.05, 3.63) is 12.2 Å². The van der Waals surface area contributed by atoms with E-state index in [1.165, 1.54) is 0 Å². The van der Waals surface area contributed by atoms with E-state index >= 15 is 0 Å². The first-order chi connectivity index (χ1) is 7.76. The number of hydrogen-bond acceptors (Lipinski definition) is 4. The molecule has 0 aromatic heterocycles. The Kier molecular flexibility index (Phi) is 5.66. The van der Waals surface area contributed by atoms with Crippen LogP contribution in [0.4, 0.5) is 0 Å². The molecule has 0 aromatic carbocycles. The van der Waals surface area contributed by atoms with Crippen molar-refractivity contribution in [2.45, 2.75) is 45.2 Å². The molecule has 2 unspecified atom stereocenters. The Morgan fingerprint density at radius 1 is 1.44 bits per heavy atom. The zero-order chi connectivity index (χ0) is 11.9. The van der Waals surface area contributed by atoms with E-state index in [0.29, 0.717) is 26.1 Å². The van der Waals surface area contributed by atoms with Gasteiger partial charge in [-0.05, 0) is 32.4 Å². The van der Waals surface area contributed by atoms with Crippen LogP contribution in [0.1, 0.15) is 33.1 Å². The van der Waals surface area contributed by atoms with Crippen LogP contribution in [0.3, 0.4) is 0 Å². The lowest BCUT2D eigenvalue weighted by atomic mass is 10.1. The minimum Gasteiger partial charge on any atom is -0.349 e. The molecule has 0 radical (unpaired) electrons. The Bertz CT molecular complexity index is 239. The van der Waals surface area contributed by atoms with Crippen LogP contribution in [0.5, 0.6) is 0 Å². The summed E-state index contributed by atoms with van der Waals surface area (Å²) in [6, 6.07) is 0. The van der Waals surface area contributed by atoms with E-state index in [1.54, 1.807) is 0 Å². The summed E-state index contributed by atoms with van der Waals surface area (Å²) in [6.07, 6.45) is 6.31. The van der Waals surface area contributed by atoms with E-state index in [2.05, 4.69) is 0 Å². The molecule has 4 heteroatoms. The summed E-state index contributed by atoms with van der Waals surface area (Å²) < 4.78 is 16.7. The van der Waals surface area contributed by atoms with E-state index < -0.39 is 5.79 Å². The Labute approximate surface area is 96.6 Å². The molecule has 4 nitrogen and oxygen atoms in total. The zero-order valence-electron chi connectivity index (χ0n) is 9.98. The Morgan fingerprint density at radius 2 is 2.25 bits per heavy atom. The molecule has 0 amide bonds. The van der Waals surface area contributed by atoms with Crippen molar-refractivity contribution in [3.8, 4) is 0 Å². The van der Waals surface area contributed by atoms with Gasteiger partial charge in [0.2, 0.25) is 0 Å². The minimum atomic E-state index is -0.697. The predicted octanol–water partition coefficient (Wildman–Crippen LogP) is 2.04. The van der Waals surface area contributed by atoms with Crippen molar-refractivity contribution in [1.29, 1.82) is 0 Å². The second-order valence-electron chi connectivity index (χ2n) is 3.60. The molecule has 16 heavy (non-hydrogen) atoms. The molecule has 0 saturated carbocycles. The lowest BCUT2D eigenvalue weighted by Gasteiger charge is -2.28. The van der Waals surface area contributed by atoms with E-state index in [4.69, 9.17) is 14.2 Å². The van der Waals surface area contributed by atoms with Gasteiger partial charge in [-0.25, -0.2) is 0 Å². The summed E-state index contributed by atoms with van der Waals surface area (Å²) in [4.78, 5) is 10.3. The molecule has 1 aliphatic heterocycles. The quantitative estimate of drug-likeness (QED) is 0.362. The van der Waals surface area contributed by atoms with Crippen molar-refractivity contribution in [3.63, 3.8) is 0 Å². The smallest absolute Gasteiger partial charge is 0.191 e. The third kappa shape index (κ3) is 3.70. The highest BCUT2D eigenvalue weighted by atomic mass is 16.8. The lowest BCUT2D eigenvalue weighted by Crippen LogP contribution is -2.33. The topological polar surface area (TPSA) is 44.8 Å². The molecular weight excluding hydrogens is 208 g/mol. The summed E-state index contributed by atoms with van der Waals surface area (Å²) in [5.41, 5.74) is 0. The van der Waals surface area contributed by atoms with Crippen LogP contribution in [-0.2, 0) is 19.0 Å². The average molecular weight is 228 g/mol. The summed E-state index contributed by atoms with van der Waals surface area (Å²) in [7, 11) is 0. The normalized spacial score (nSPS) is 28.5. The van der Waals surface area contributed by atoms with Crippen LogP contribution in [0.15, 0.2) is 12.2 Å². The lowest BCUT2D eigenvalue weighted by molar-refractivity contribution is -0.258. The second-order valence-corrected chi connectivity index (χ2v) is 3.60. The van der Waals surface area contributed by atoms with Crippen LogP contribution in [-0.4, -0.2) is 31.6 Å². The molecule has 1 rings (SSSR count). The molecule has 1 heterocycles. The third-order valence-electron chi connectivity index (χ3n) is 2.39. The number of aldehydes is 1. The molecule has 0 N–H and O–H groups in total. The Balaban J connectivity index is 2.48. The molecule has 2 atom stereocenters. The maximum absolute atomic E-state index is 10.3. The molecule has 1 aliphatic rings. The first kappa shape index (κ1) is 13.4. The second kappa shape index (κ2) is 6.78. The Morgan fingerprint density at radius 3 is 2.88 bits per heavy atom. The number of unbranched alkanes of at least 4 members (excludes halogenated alkanes) is 1. The average Bonchev–Trinajstić information content (AvgIpc) is 2.64. The molecular formula is C12H20O4. The summed E-state index contributed by atoms with van der Waals surface area (Å²) in [6.45, 7) is 5.02. The van der Waals surface area contributed by atoms with Gasteiger partial charge in [-0.15, -0.1) is 0 Å². The van der Waals surface area contributed by atoms with E-state index in [-0.39, 0.29) is 6.29 Å². The van der Waals surface area contributed by atoms with Crippen LogP contribution < -0.4 is 0 Å². The van der Waals surface area contributed by atoms with E-state index in [1.807, 2.05) is 26.0 Å². The summed E-state index contributed by atoms with van der Waals surface area (Å²) in [5.74, 6) is -0.697. The first-order valence-corrected chi connectivity index (χ1v) is 5.82. The van der Waals surface area contributed by atoms with Crippen LogP contribution >= 0.6 is 0 Å². The fraction of sp³-hybridized carbons (Fsp3) is 0.750. The molecule has 0 saturated heterocycles. The van der Waals surface area contributed by atoms with Gasteiger partial charge in [-0.2, -0.15) is 0 Å². The zero-order valence-corrected chi connectivity index (χ0v) is 9.98. The van der Waals surface area contributed by atoms with Gasteiger partial charge in [0.05, 0.1) is 0 Å². The van der Waals surface area contributed by atoms with Crippen molar-refractivity contribution >= 4 is 6.29 Å². The number of rotatable bonds is 8. The number of carbonyl (C=O) groups is 1. The fourth-order valence-corrected chi connectivity index (χ4v) is 1.73. The largest absolute Gasteiger partial charge is 0.349 e. The van der Waals surface area contributed by atoms with Gasteiger partial charge in [0.25, 0.3) is 0 Å². The fourth-order valence-electron chi connectivity index (χ4n) is 1.73. The predicted molar refractivity (Wildman–Crippen MR) is 59.9 cm³/mol. The van der Waals surface area contributed by atoms with E-state index in [9.17, 15) is 4.79 Å². The highest BCUT2D eigenvalue weighted by Gasteiger charge is 2.36. The maximum Gasteiger partial charge on any atom is 0.191 e. The number of carbonyl (C=O) groups excluding carboxylic acids is 1.